The van der Waals surface area contributed by atoms with Crippen LogP contribution in [0.4, 0.5) is 9.59 Å². The summed E-state index contributed by atoms with van der Waals surface area (Å²) in [7, 11) is 1.20. The minimum atomic E-state index is -1.23. The van der Waals surface area contributed by atoms with Gasteiger partial charge in [0.1, 0.15) is 12.6 Å². The van der Waals surface area contributed by atoms with Crippen molar-refractivity contribution in [2.24, 2.45) is 0 Å². The Balaban J connectivity index is 2.34. The Kier molecular flexibility index (Phi) is 6.09. The molecule has 20 heavy (non-hydrogen) atoms. The van der Waals surface area contributed by atoms with E-state index in [1.54, 1.807) is 12.1 Å². The Morgan fingerprint density at radius 1 is 1.25 bits per heavy atom. The van der Waals surface area contributed by atoms with Gasteiger partial charge in [-0.05, 0) is 5.56 Å². The SMILES string of the molecule is BC(=O)N[C@@H](CNC(=O)OCc1ccccc1)C(=O)O. The molecule has 7 nitrogen and oxygen atoms in total. The molecule has 1 rings (SSSR count). The molecule has 106 valence electrons. The van der Waals surface area contributed by atoms with E-state index in [0.29, 0.717) is 0 Å². The standard InChI is InChI=1S/C12H15BN2O5/c13-11(18)15-9(10(16)17)6-14-12(19)20-7-8-4-2-1-3-5-8/h1-5,9H,6-7,13H2,(H,14,19)(H,15,18)(H,16,17)/t9-/m0/s1. The molecule has 8 heteroatoms. The maximum absolute atomic E-state index is 11.4. The first kappa shape index (κ1) is 15.6. The highest BCUT2D eigenvalue weighted by Crippen LogP contribution is 2.00. The second-order valence-corrected chi connectivity index (χ2v) is 4.03. The first-order chi connectivity index (χ1) is 9.49. The van der Waals surface area contributed by atoms with Crippen LogP contribution in [-0.2, 0) is 16.1 Å². The number of carbonyl (C=O) groups excluding carboxylic acids is 2. The van der Waals surface area contributed by atoms with Gasteiger partial charge >= 0.3 is 12.1 Å². The zero-order valence-corrected chi connectivity index (χ0v) is 11.0. The number of amides is 2. The third-order valence-electron chi connectivity index (χ3n) is 2.34. The highest BCUT2D eigenvalue weighted by atomic mass is 16.5. The van der Waals surface area contributed by atoms with Gasteiger partial charge in [0, 0.05) is 0 Å². The molecule has 0 bridgehead atoms. The van der Waals surface area contributed by atoms with E-state index in [-0.39, 0.29) is 13.2 Å². The number of rotatable bonds is 6. The molecule has 0 radical (unpaired) electrons. The molecule has 0 saturated carbocycles. The summed E-state index contributed by atoms with van der Waals surface area (Å²) >= 11 is 0. The van der Waals surface area contributed by atoms with E-state index in [9.17, 15) is 14.4 Å². The molecule has 0 unspecified atom stereocenters. The Morgan fingerprint density at radius 2 is 1.90 bits per heavy atom. The lowest BCUT2D eigenvalue weighted by Gasteiger charge is -2.14. The Hall–Kier alpha value is -2.51. The van der Waals surface area contributed by atoms with E-state index in [4.69, 9.17) is 9.84 Å². The summed E-state index contributed by atoms with van der Waals surface area (Å²) in [6.07, 6.45) is -0.745. The third-order valence-corrected chi connectivity index (χ3v) is 2.34. The number of aliphatic carboxylic acids is 1. The van der Waals surface area contributed by atoms with Crippen molar-refractivity contribution in [1.82, 2.24) is 10.6 Å². The van der Waals surface area contributed by atoms with Crippen LogP contribution in [0.5, 0.6) is 0 Å². The molecule has 0 fully saturated rings. The van der Waals surface area contributed by atoms with Crippen molar-refractivity contribution in [3.8, 4) is 0 Å². The molecule has 0 saturated heterocycles. The molecular formula is C12H15BN2O5. The number of carbonyl (C=O) groups is 3. The number of nitrogens with one attached hydrogen (secondary N) is 2. The molecule has 2 amide bonds. The van der Waals surface area contributed by atoms with E-state index in [1.807, 2.05) is 18.2 Å². The van der Waals surface area contributed by atoms with Gasteiger partial charge in [0.15, 0.2) is 5.81 Å². The average molecular weight is 278 g/mol. The lowest BCUT2D eigenvalue weighted by molar-refractivity contribution is -0.138. The average Bonchev–Trinajstić information content (AvgIpc) is 2.41. The number of benzene rings is 1. The molecular weight excluding hydrogens is 263 g/mol. The highest BCUT2D eigenvalue weighted by Gasteiger charge is 2.19. The number of carboxylic acid groups (broad SMARTS) is 1. The normalized spacial score (nSPS) is 11.2. The summed E-state index contributed by atoms with van der Waals surface area (Å²) < 4.78 is 4.91. The Morgan fingerprint density at radius 3 is 2.45 bits per heavy atom. The van der Waals surface area contributed by atoms with Crippen LogP contribution < -0.4 is 10.6 Å². The number of alkyl carbamates (subject to hydrolysis) is 1. The van der Waals surface area contributed by atoms with Gasteiger partial charge in [-0.15, -0.1) is 0 Å². The fourth-order valence-corrected chi connectivity index (χ4v) is 1.40. The van der Waals surface area contributed by atoms with Crippen LogP contribution in [-0.4, -0.2) is 43.4 Å². The summed E-state index contributed by atoms with van der Waals surface area (Å²) in [4.78, 5) is 33.0. The molecule has 0 spiro atoms. The number of hydrogen-bond acceptors (Lipinski definition) is 4. The van der Waals surface area contributed by atoms with E-state index in [0.717, 1.165) is 5.56 Å². The number of carboxylic acids is 1. The molecule has 0 aliphatic rings. The van der Waals surface area contributed by atoms with Crippen LogP contribution in [0.2, 0.25) is 0 Å². The van der Waals surface area contributed by atoms with Gasteiger partial charge in [-0.1, -0.05) is 30.3 Å². The summed E-state index contributed by atoms with van der Waals surface area (Å²) in [5.74, 6) is -1.72. The second kappa shape index (κ2) is 7.83. The Bertz CT molecular complexity index is 480. The van der Waals surface area contributed by atoms with E-state index in [2.05, 4.69) is 10.6 Å². The maximum Gasteiger partial charge on any atom is 0.407 e. The predicted molar refractivity (Wildman–Crippen MR) is 73.1 cm³/mol. The summed E-state index contributed by atoms with van der Waals surface area (Å²) in [5.41, 5.74) is 0.819. The van der Waals surface area contributed by atoms with Gasteiger partial charge in [-0.3, -0.25) is 4.79 Å². The van der Waals surface area contributed by atoms with Gasteiger partial charge in [0.25, 0.3) is 0 Å². The Labute approximate surface area is 116 Å². The first-order valence-electron chi connectivity index (χ1n) is 5.93. The zero-order chi connectivity index (χ0) is 15.0. The molecule has 0 aliphatic heterocycles. The van der Waals surface area contributed by atoms with E-state index < -0.39 is 23.9 Å². The van der Waals surface area contributed by atoms with Crippen LogP contribution in [0.25, 0.3) is 0 Å². The van der Waals surface area contributed by atoms with Crippen molar-refractivity contribution < 1.29 is 24.2 Å². The minimum absolute atomic E-state index is 0.0878. The fourth-order valence-electron chi connectivity index (χ4n) is 1.40. The van der Waals surface area contributed by atoms with E-state index in [1.165, 1.54) is 7.85 Å². The molecule has 0 aliphatic carbocycles. The van der Waals surface area contributed by atoms with Crippen LogP contribution >= 0.6 is 0 Å². The molecule has 1 aromatic carbocycles. The number of ether oxygens (including phenoxy) is 1. The van der Waals surface area contributed by atoms with Crippen LogP contribution in [0.3, 0.4) is 0 Å². The first-order valence-corrected chi connectivity index (χ1v) is 5.93. The van der Waals surface area contributed by atoms with Gasteiger partial charge in [-0.25, -0.2) is 9.59 Å². The van der Waals surface area contributed by atoms with Crippen LogP contribution in [0, 0.1) is 0 Å². The van der Waals surface area contributed by atoms with Crippen molar-refractivity contribution in [2.75, 3.05) is 6.54 Å². The summed E-state index contributed by atoms with van der Waals surface area (Å²) in [5, 5.41) is 13.3. The molecule has 3 N–H and O–H groups in total. The maximum atomic E-state index is 11.4. The molecule has 0 heterocycles. The predicted octanol–water partition coefficient (Wildman–Crippen LogP) is -0.291. The summed E-state index contributed by atoms with van der Waals surface area (Å²) in [6, 6.07) is 7.88. The van der Waals surface area contributed by atoms with Crippen LogP contribution in [0.15, 0.2) is 30.3 Å². The van der Waals surface area contributed by atoms with Crippen molar-refractivity contribution >= 4 is 25.7 Å². The second-order valence-electron chi connectivity index (χ2n) is 4.03. The van der Waals surface area contributed by atoms with Crippen molar-refractivity contribution in [3.63, 3.8) is 0 Å². The van der Waals surface area contributed by atoms with Crippen LogP contribution in [0.1, 0.15) is 5.56 Å². The smallest absolute Gasteiger partial charge is 0.407 e. The number of hydrogen-bond donors (Lipinski definition) is 3. The van der Waals surface area contributed by atoms with Crippen molar-refractivity contribution in [3.05, 3.63) is 35.9 Å². The molecule has 1 aromatic rings. The van der Waals surface area contributed by atoms with Gasteiger partial charge in [0.2, 0.25) is 7.85 Å². The third kappa shape index (κ3) is 5.90. The van der Waals surface area contributed by atoms with Crippen molar-refractivity contribution in [2.45, 2.75) is 12.6 Å². The topological polar surface area (TPSA) is 105 Å². The highest BCUT2D eigenvalue weighted by molar-refractivity contribution is 6.57. The summed E-state index contributed by atoms with van der Waals surface area (Å²) in [6.45, 7) is -0.160. The molecule has 0 aromatic heterocycles. The van der Waals surface area contributed by atoms with Gasteiger partial charge < -0.3 is 20.5 Å². The van der Waals surface area contributed by atoms with E-state index >= 15 is 0 Å². The zero-order valence-electron chi connectivity index (χ0n) is 11.0. The van der Waals surface area contributed by atoms with Gasteiger partial charge in [-0.2, -0.15) is 0 Å². The lowest BCUT2D eigenvalue weighted by atomic mass is 10.1. The van der Waals surface area contributed by atoms with Crippen molar-refractivity contribution in [1.29, 1.82) is 0 Å². The lowest BCUT2D eigenvalue weighted by Crippen LogP contribution is -2.48. The quantitative estimate of drug-likeness (QED) is 0.620. The molecule has 1 atom stereocenters. The minimum Gasteiger partial charge on any atom is -0.480 e. The largest absolute Gasteiger partial charge is 0.480 e. The van der Waals surface area contributed by atoms with Gasteiger partial charge in [0.05, 0.1) is 6.54 Å². The fraction of sp³-hybridized carbons (Fsp3) is 0.250. The monoisotopic (exact) mass is 278 g/mol.